The van der Waals surface area contributed by atoms with Crippen molar-refractivity contribution in [1.82, 2.24) is 10.1 Å². The van der Waals surface area contributed by atoms with E-state index in [4.69, 9.17) is 10.3 Å². The summed E-state index contributed by atoms with van der Waals surface area (Å²) in [5.41, 5.74) is 6.20. The number of halogens is 1. The predicted octanol–water partition coefficient (Wildman–Crippen LogP) is 2.38. The fourth-order valence-electron chi connectivity index (χ4n) is 1.54. The van der Waals surface area contributed by atoms with Crippen molar-refractivity contribution in [3.05, 3.63) is 47.4 Å². The third kappa shape index (κ3) is 2.73. The minimum atomic E-state index is -0.618. The monoisotopic (exact) mass is 249 g/mol. The van der Waals surface area contributed by atoms with Crippen LogP contribution in [0, 0.1) is 5.82 Å². The number of nitrogens with zero attached hydrogens (tertiary/aromatic N) is 2. The highest BCUT2D eigenvalue weighted by Crippen LogP contribution is 2.19. The molecule has 96 valence electrons. The number of benzene rings is 1. The predicted molar refractivity (Wildman–Crippen MR) is 65.3 cm³/mol. The van der Waals surface area contributed by atoms with Gasteiger partial charge in [0.2, 0.25) is 5.89 Å². The molecule has 0 radical (unpaired) electrons. The molecule has 0 bridgehead atoms. The first-order chi connectivity index (χ1) is 8.51. The molecule has 2 aromatic rings. The van der Waals surface area contributed by atoms with E-state index >= 15 is 0 Å². The molecule has 0 aliphatic carbocycles. The fraction of sp³-hybridized carbons (Fsp3) is 0.385. The topological polar surface area (TPSA) is 64.9 Å². The second kappa shape index (κ2) is 4.86. The van der Waals surface area contributed by atoms with Crippen LogP contribution in [0.3, 0.4) is 0 Å². The molecule has 1 aromatic heterocycles. The van der Waals surface area contributed by atoms with Crippen molar-refractivity contribution in [2.75, 3.05) is 0 Å². The van der Waals surface area contributed by atoms with E-state index in [-0.39, 0.29) is 5.82 Å². The first-order valence-electron chi connectivity index (χ1n) is 5.87. The molecule has 1 atom stereocenters. The second-order valence-corrected chi connectivity index (χ2v) is 4.59. The molecule has 2 N–H and O–H groups in total. The minimum Gasteiger partial charge on any atom is -0.337 e. The smallest absolute Gasteiger partial charge is 0.246 e. The van der Waals surface area contributed by atoms with E-state index in [9.17, 15) is 4.39 Å². The zero-order chi connectivity index (χ0) is 13.2. The highest BCUT2D eigenvalue weighted by atomic mass is 19.1. The largest absolute Gasteiger partial charge is 0.337 e. The van der Waals surface area contributed by atoms with Crippen LogP contribution in [-0.4, -0.2) is 10.1 Å². The summed E-state index contributed by atoms with van der Waals surface area (Å²) in [5.74, 6) is 0.658. The number of nitrogens with two attached hydrogens (primary N) is 1. The van der Waals surface area contributed by atoms with Gasteiger partial charge in [-0.2, -0.15) is 4.98 Å². The molecule has 0 spiro atoms. The molecule has 0 aliphatic heterocycles. The number of rotatable bonds is 4. The first kappa shape index (κ1) is 12.7. The Labute approximate surface area is 105 Å². The van der Waals surface area contributed by atoms with Crippen LogP contribution in [0.25, 0.3) is 0 Å². The van der Waals surface area contributed by atoms with E-state index in [1.54, 1.807) is 6.07 Å². The van der Waals surface area contributed by atoms with Crippen LogP contribution in [0.1, 0.15) is 37.5 Å². The lowest BCUT2D eigenvalue weighted by Crippen LogP contribution is -2.32. The SMILES string of the molecule is CCC(C)(N)c1nc(Cc2cccc(F)c2)no1. The molecule has 0 aliphatic rings. The van der Waals surface area contributed by atoms with Gasteiger partial charge in [-0.05, 0) is 31.0 Å². The summed E-state index contributed by atoms with van der Waals surface area (Å²) >= 11 is 0. The first-order valence-corrected chi connectivity index (χ1v) is 5.87. The van der Waals surface area contributed by atoms with E-state index < -0.39 is 5.54 Å². The van der Waals surface area contributed by atoms with Gasteiger partial charge in [0.1, 0.15) is 5.82 Å². The van der Waals surface area contributed by atoms with E-state index in [1.165, 1.54) is 12.1 Å². The molecule has 1 heterocycles. The van der Waals surface area contributed by atoms with Crippen molar-refractivity contribution in [3.63, 3.8) is 0 Å². The highest BCUT2D eigenvalue weighted by Gasteiger charge is 2.26. The molecule has 0 fully saturated rings. The van der Waals surface area contributed by atoms with E-state index in [1.807, 2.05) is 19.9 Å². The molecule has 1 aromatic carbocycles. The highest BCUT2D eigenvalue weighted by molar-refractivity contribution is 5.20. The summed E-state index contributed by atoms with van der Waals surface area (Å²) in [7, 11) is 0. The van der Waals surface area contributed by atoms with Gasteiger partial charge in [-0.1, -0.05) is 24.2 Å². The van der Waals surface area contributed by atoms with Crippen molar-refractivity contribution in [3.8, 4) is 0 Å². The molecule has 0 saturated carbocycles. The fourth-order valence-corrected chi connectivity index (χ4v) is 1.54. The van der Waals surface area contributed by atoms with Crippen molar-refractivity contribution in [1.29, 1.82) is 0 Å². The van der Waals surface area contributed by atoms with Gasteiger partial charge in [0.15, 0.2) is 5.82 Å². The molecular weight excluding hydrogens is 233 g/mol. The minimum absolute atomic E-state index is 0.270. The molecule has 1 unspecified atom stereocenters. The summed E-state index contributed by atoms with van der Waals surface area (Å²) in [5, 5.41) is 3.87. The summed E-state index contributed by atoms with van der Waals surface area (Å²) in [6, 6.07) is 6.34. The number of hydrogen-bond donors (Lipinski definition) is 1. The van der Waals surface area contributed by atoms with Crippen LogP contribution < -0.4 is 5.73 Å². The van der Waals surface area contributed by atoms with Crippen molar-refractivity contribution in [2.45, 2.75) is 32.2 Å². The Hall–Kier alpha value is -1.75. The molecule has 5 heteroatoms. The van der Waals surface area contributed by atoms with Crippen LogP contribution in [0.2, 0.25) is 0 Å². The molecule has 0 saturated heterocycles. The van der Waals surface area contributed by atoms with Crippen molar-refractivity contribution < 1.29 is 8.91 Å². The Kier molecular flexibility index (Phi) is 3.43. The van der Waals surface area contributed by atoms with Gasteiger partial charge >= 0.3 is 0 Å². The lowest BCUT2D eigenvalue weighted by Gasteiger charge is -2.16. The van der Waals surface area contributed by atoms with Gasteiger partial charge in [0.25, 0.3) is 0 Å². The summed E-state index contributed by atoms with van der Waals surface area (Å²) < 4.78 is 18.2. The number of aromatic nitrogens is 2. The quantitative estimate of drug-likeness (QED) is 0.903. The Bertz CT molecular complexity index is 537. The molecule has 0 amide bonds. The standard InChI is InChI=1S/C13H16FN3O/c1-3-13(2,15)12-16-11(17-18-12)8-9-5-4-6-10(14)7-9/h4-7H,3,8,15H2,1-2H3. The normalized spacial score (nSPS) is 14.4. The van der Waals surface area contributed by atoms with Crippen molar-refractivity contribution >= 4 is 0 Å². The maximum atomic E-state index is 13.0. The maximum absolute atomic E-state index is 13.0. The van der Waals surface area contributed by atoms with E-state index in [0.717, 1.165) is 5.56 Å². The molecule has 4 nitrogen and oxygen atoms in total. The lowest BCUT2D eigenvalue weighted by atomic mass is 10.0. The summed E-state index contributed by atoms with van der Waals surface area (Å²) in [6.07, 6.45) is 1.13. The third-order valence-corrected chi connectivity index (χ3v) is 2.94. The van der Waals surface area contributed by atoms with Gasteiger partial charge in [0.05, 0.1) is 5.54 Å². The Morgan fingerprint density at radius 1 is 1.44 bits per heavy atom. The molecule has 2 rings (SSSR count). The van der Waals surface area contributed by atoms with Gasteiger partial charge < -0.3 is 10.3 Å². The van der Waals surface area contributed by atoms with Crippen molar-refractivity contribution in [2.24, 2.45) is 5.73 Å². The summed E-state index contributed by atoms with van der Waals surface area (Å²) in [4.78, 5) is 4.25. The Morgan fingerprint density at radius 2 is 2.22 bits per heavy atom. The van der Waals surface area contributed by atoms with E-state index in [0.29, 0.717) is 24.6 Å². The van der Waals surface area contributed by atoms with Gasteiger partial charge in [-0.25, -0.2) is 4.39 Å². The second-order valence-electron chi connectivity index (χ2n) is 4.59. The van der Waals surface area contributed by atoms with E-state index in [2.05, 4.69) is 10.1 Å². The van der Waals surface area contributed by atoms with Crippen LogP contribution in [-0.2, 0) is 12.0 Å². The van der Waals surface area contributed by atoms with Gasteiger partial charge in [0, 0.05) is 6.42 Å². The Balaban J connectivity index is 2.16. The van der Waals surface area contributed by atoms with Crippen LogP contribution in [0.4, 0.5) is 4.39 Å². The number of hydrogen-bond acceptors (Lipinski definition) is 4. The Morgan fingerprint density at radius 3 is 2.89 bits per heavy atom. The molecule has 18 heavy (non-hydrogen) atoms. The summed E-state index contributed by atoms with van der Waals surface area (Å²) in [6.45, 7) is 3.79. The van der Waals surface area contributed by atoms with Crippen LogP contribution in [0.5, 0.6) is 0 Å². The van der Waals surface area contributed by atoms with Crippen LogP contribution in [0.15, 0.2) is 28.8 Å². The zero-order valence-electron chi connectivity index (χ0n) is 10.5. The maximum Gasteiger partial charge on any atom is 0.246 e. The van der Waals surface area contributed by atoms with Gasteiger partial charge in [-0.3, -0.25) is 0 Å². The zero-order valence-corrected chi connectivity index (χ0v) is 10.5. The average Bonchev–Trinajstić information content (AvgIpc) is 2.78. The van der Waals surface area contributed by atoms with Crippen LogP contribution >= 0.6 is 0 Å². The van der Waals surface area contributed by atoms with Gasteiger partial charge in [-0.15, -0.1) is 0 Å². The third-order valence-electron chi connectivity index (χ3n) is 2.94. The lowest BCUT2D eigenvalue weighted by molar-refractivity contribution is 0.290. The average molecular weight is 249 g/mol. The molecular formula is C13H16FN3O.